The zero-order valence-corrected chi connectivity index (χ0v) is 9.16. The normalized spacial score (nSPS) is 11.3. The predicted molar refractivity (Wildman–Crippen MR) is 59.7 cm³/mol. The largest absolute Gasteiger partial charge is 0.497 e. The summed E-state index contributed by atoms with van der Waals surface area (Å²) in [5.41, 5.74) is 6.04. The molecule has 0 radical (unpaired) electrons. The van der Waals surface area contributed by atoms with Crippen molar-refractivity contribution in [2.45, 2.75) is 5.92 Å². The van der Waals surface area contributed by atoms with E-state index >= 15 is 0 Å². The minimum Gasteiger partial charge on any atom is -0.497 e. The van der Waals surface area contributed by atoms with Crippen molar-refractivity contribution in [3.05, 3.63) is 29.8 Å². The first-order valence-corrected chi connectivity index (χ1v) is 4.26. The molecule has 5 heteroatoms. The maximum absolute atomic E-state index is 10.8. The summed E-state index contributed by atoms with van der Waals surface area (Å²) in [6.45, 7) is 0.0858. The molecule has 0 saturated heterocycles. The van der Waals surface area contributed by atoms with Gasteiger partial charge in [-0.05, 0) is 17.7 Å². The van der Waals surface area contributed by atoms with Gasteiger partial charge in [0.1, 0.15) is 5.75 Å². The van der Waals surface area contributed by atoms with Gasteiger partial charge in [0.05, 0.1) is 13.0 Å². The Morgan fingerprint density at radius 2 is 2.27 bits per heavy atom. The summed E-state index contributed by atoms with van der Waals surface area (Å²) in [6.07, 6.45) is 0. The van der Waals surface area contributed by atoms with Crippen molar-refractivity contribution < 1.29 is 14.6 Å². The maximum atomic E-state index is 10.8. The zero-order chi connectivity index (χ0) is 10.6. The molecule has 3 N–H and O–H groups in total. The van der Waals surface area contributed by atoms with Crippen LogP contribution < -0.4 is 10.5 Å². The second-order valence-corrected chi connectivity index (χ2v) is 2.90. The maximum Gasteiger partial charge on any atom is 0.312 e. The van der Waals surface area contributed by atoms with Gasteiger partial charge in [0, 0.05) is 6.54 Å². The molecule has 0 aliphatic carbocycles. The van der Waals surface area contributed by atoms with Crippen molar-refractivity contribution >= 4 is 18.4 Å². The van der Waals surface area contributed by atoms with Crippen molar-refractivity contribution in [1.29, 1.82) is 0 Å². The second-order valence-electron chi connectivity index (χ2n) is 2.90. The van der Waals surface area contributed by atoms with Crippen LogP contribution in [0.25, 0.3) is 0 Å². The van der Waals surface area contributed by atoms with E-state index in [1.165, 1.54) is 7.11 Å². The van der Waals surface area contributed by atoms with Gasteiger partial charge in [0.25, 0.3) is 0 Å². The lowest BCUT2D eigenvalue weighted by Crippen LogP contribution is -2.21. The molecular formula is C10H14ClNO3. The molecule has 15 heavy (non-hydrogen) atoms. The molecule has 1 aromatic rings. The fourth-order valence-electron chi connectivity index (χ4n) is 1.24. The monoisotopic (exact) mass is 231 g/mol. The van der Waals surface area contributed by atoms with Gasteiger partial charge in [-0.2, -0.15) is 0 Å². The summed E-state index contributed by atoms with van der Waals surface area (Å²) in [6, 6.07) is 6.93. The van der Waals surface area contributed by atoms with Gasteiger partial charge < -0.3 is 15.6 Å². The molecule has 0 heterocycles. The summed E-state index contributed by atoms with van der Waals surface area (Å²) >= 11 is 0. The lowest BCUT2D eigenvalue weighted by atomic mass is 9.99. The smallest absolute Gasteiger partial charge is 0.312 e. The molecule has 1 atom stereocenters. The van der Waals surface area contributed by atoms with Crippen molar-refractivity contribution in [1.82, 2.24) is 0 Å². The summed E-state index contributed by atoms with van der Waals surface area (Å²) in [5, 5.41) is 8.87. The number of nitrogens with two attached hydrogens (primary N) is 1. The van der Waals surface area contributed by atoms with E-state index in [1.54, 1.807) is 24.3 Å². The highest BCUT2D eigenvalue weighted by Crippen LogP contribution is 2.20. The minimum absolute atomic E-state index is 0. The quantitative estimate of drug-likeness (QED) is 0.818. The number of ether oxygens (including phenoxy) is 1. The molecule has 84 valence electrons. The molecule has 0 aliphatic rings. The zero-order valence-electron chi connectivity index (χ0n) is 8.34. The third kappa shape index (κ3) is 3.42. The van der Waals surface area contributed by atoms with E-state index in [-0.39, 0.29) is 19.0 Å². The van der Waals surface area contributed by atoms with E-state index in [2.05, 4.69) is 0 Å². The van der Waals surface area contributed by atoms with Crippen LogP contribution in [0.1, 0.15) is 11.5 Å². The lowest BCUT2D eigenvalue weighted by molar-refractivity contribution is -0.138. The number of rotatable bonds is 4. The van der Waals surface area contributed by atoms with Crippen molar-refractivity contribution in [3.8, 4) is 5.75 Å². The van der Waals surface area contributed by atoms with Gasteiger partial charge in [-0.15, -0.1) is 12.4 Å². The molecule has 0 aliphatic heterocycles. The Hall–Kier alpha value is -1.26. The highest BCUT2D eigenvalue weighted by atomic mass is 35.5. The highest BCUT2D eigenvalue weighted by molar-refractivity contribution is 5.85. The first-order valence-electron chi connectivity index (χ1n) is 4.26. The minimum atomic E-state index is -0.916. The Balaban J connectivity index is 0.00000196. The van der Waals surface area contributed by atoms with E-state index in [1.807, 2.05) is 0 Å². The van der Waals surface area contributed by atoms with Crippen LogP contribution in [-0.2, 0) is 4.79 Å². The van der Waals surface area contributed by atoms with Gasteiger partial charge in [-0.3, -0.25) is 4.79 Å². The Bertz CT molecular complexity index is 330. The summed E-state index contributed by atoms with van der Waals surface area (Å²) < 4.78 is 5.00. The third-order valence-electron chi connectivity index (χ3n) is 2.03. The van der Waals surface area contributed by atoms with Crippen LogP contribution >= 0.6 is 12.4 Å². The SMILES string of the molecule is COc1cccc(C(CN)C(=O)O)c1.Cl. The Morgan fingerprint density at radius 1 is 1.60 bits per heavy atom. The van der Waals surface area contributed by atoms with Crippen LogP contribution in [0.2, 0.25) is 0 Å². The first-order chi connectivity index (χ1) is 6.69. The van der Waals surface area contributed by atoms with E-state index in [9.17, 15) is 4.79 Å². The van der Waals surface area contributed by atoms with E-state index in [0.29, 0.717) is 11.3 Å². The number of halogens is 1. The van der Waals surface area contributed by atoms with Crippen LogP contribution in [-0.4, -0.2) is 24.7 Å². The predicted octanol–water partition coefficient (Wildman–Crippen LogP) is 1.24. The van der Waals surface area contributed by atoms with Crippen LogP contribution in [0.5, 0.6) is 5.75 Å². The molecule has 0 amide bonds. The Kier molecular flexibility index (Phi) is 5.74. The van der Waals surface area contributed by atoms with Crippen LogP contribution in [0.15, 0.2) is 24.3 Å². The lowest BCUT2D eigenvalue weighted by Gasteiger charge is -2.10. The average molecular weight is 232 g/mol. The van der Waals surface area contributed by atoms with E-state index < -0.39 is 11.9 Å². The number of carbonyl (C=O) groups is 1. The molecule has 0 spiro atoms. The number of hydrogen-bond acceptors (Lipinski definition) is 3. The molecule has 1 aromatic carbocycles. The summed E-state index contributed by atoms with van der Waals surface area (Å²) in [4.78, 5) is 10.8. The van der Waals surface area contributed by atoms with Gasteiger partial charge in [-0.25, -0.2) is 0 Å². The Morgan fingerprint density at radius 3 is 2.73 bits per heavy atom. The average Bonchev–Trinajstić information content (AvgIpc) is 2.19. The molecule has 0 fully saturated rings. The number of carboxylic acids is 1. The van der Waals surface area contributed by atoms with Gasteiger partial charge in [0.2, 0.25) is 0 Å². The van der Waals surface area contributed by atoms with Crippen LogP contribution in [0.3, 0.4) is 0 Å². The summed E-state index contributed by atoms with van der Waals surface area (Å²) in [7, 11) is 1.54. The van der Waals surface area contributed by atoms with Crippen molar-refractivity contribution in [2.24, 2.45) is 5.73 Å². The van der Waals surface area contributed by atoms with E-state index in [0.717, 1.165) is 0 Å². The number of methoxy groups -OCH3 is 1. The van der Waals surface area contributed by atoms with Crippen LogP contribution in [0.4, 0.5) is 0 Å². The molecule has 0 aromatic heterocycles. The number of hydrogen-bond donors (Lipinski definition) is 2. The van der Waals surface area contributed by atoms with Crippen molar-refractivity contribution in [3.63, 3.8) is 0 Å². The topological polar surface area (TPSA) is 72.5 Å². The molecule has 0 saturated carbocycles. The third-order valence-corrected chi connectivity index (χ3v) is 2.03. The second kappa shape index (κ2) is 6.27. The van der Waals surface area contributed by atoms with Gasteiger partial charge in [0.15, 0.2) is 0 Å². The van der Waals surface area contributed by atoms with Gasteiger partial charge >= 0.3 is 5.97 Å². The number of aliphatic carboxylic acids is 1. The van der Waals surface area contributed by atoms with Gasteiger partial charge in [-0.1, -0.05) is 12.1 Å². The standard InChI is InChI=1S/C10H13NO3.ClH/c1-14-8-4-2-3-7(5-8)9(6-11)10(12)13;/h2-5,9H,6,11H2,1H3,(H,12,13);1H. The first kappa shape index (κ1) is 13.7. The molecular weight excluding hydrogens is 218 g/mol. The van der Waals surface area contributed by atoms with Crippen LogP contribution in [0, 0.1) is 0 Å². The van der Waals surface area contributed by atoms with E-state index in [4.69, 9.17) is 15.6 Å². The fraction of sp³-hybridized carbons (Fsp3) is 0.300. The molecule has 4 nitrogen and oxygen atoms in total. The Labute approximate surface area is 94.5 Å². The molecule has 1 unspecified atom stereocenters. The molecule has 1 rings (SSSR count). The fourth-order valence-corrected chi connectivity index (χ4v) is 1.24. The highest BCUT2D eigenvalue weighted by Gasteiger charge is 2.17. The molecule has 0 bridgehead atoms. The number of benzene rings is 1. The number of carboxylic acid groups (broad SMARTS) is 1. The van der Waals surface area contributed by atoms with Crippen molar-refractivity contribution in [2.75, 3.05) is 13.7 Å². The summed E-state index contributed by atoms with van der Waals surface area (Å²) in [5.74, 6) is -0.937.